The van der Waals surface area contributed by atoms with Gasteiger partial charge in [0.2, 0.25) is 0 Å². The van der Waals surface area contributed by atoms with Crippen molar-refractivity contribution >= 4 is 5.69 Å². The summed E-state index contributed by atoms with van der Waals surface area (Å²) in [5, 5.41) is 3.60. The molecule has 1 aromatic rings. The molecule has 0 saturated carbocycles. The third kappa shape index (κ3) is 3.17. The van der Waals surface area contributed by atoms with E-state index in [4.69, 9.17) is 0 Å². The molecule has 2 heteroatoms. The molecule has 20 heavy (non-hydrogen) atoms. The van der Waals surface area contributed by atoms with E-state index < -0.39 is 0 Å². The predicted molar refractivity (Wildman–Crippen MR) is 86.1 cm³/mol. The normalized spacial score (nSPS) is 24.4. The van der Waals surface area contributed by atoms with Gasteiger partial charge in [-0.05, 0) is 61.7 Å². The summed E-state index contributed by atoms with van der Waals surface area (Å²) in [5.74, 6) is 2.59. The number of nitrogens with one attached hydrogen (secondary N) is 1. The van der Waals surface area contributed by atoms with Crippen molar-refractivity contribution in [2.45, 2.75) is 33.1 Å². The number of nitrogens with zero attached hydrogens (tertiary/aromatic N) is 1. The minimum absolute atomic E-state index is 0.778. The Bertz CT molecular complexity index is 433. The van der Waals surface area contributed by atoms with Crippen molar-refractivity contribution in [3.8, 4) is 0 Å². The van der Waals surface area contributed by atoms with Gasteiger partial charge in [-0.1, -0.05) is 32.0 Å². The second kappa shape index (κ2) is 6.17. The maximum atomic E-state index is 3.60. The van der Waals surface area contributed by atoms with Gasteiger partial charge in [-0.15, -0.1) is 0 Å². The van der Waals surface area contributed by atoms with E-state index in [0.29, 0.717) is 0 Å². The molecule has 2 aliphatic rings. The number of rotatable bonds is 3. The first-order chi connectivity index (χ1) is 9.72. The van der Waals surface area contributed by atoms with Crippen molar-refractivity contribution in [1.82, 2.24) is 4.90 Å². The van der Waals surface area contributed by atoms with Crippen molar-refractivity contribution < 1.29 is 0 Å². The minimum Gasteiger partial charge on any atom is -0.384 e. The third-order valence-corrected chi connectivity index (χ3v) is 5.20. The standard InChI is InChI=1S/C18H28N2/c1-14(2)16-7-9-20(10-8-16)13-15-11-17-5-3-4-6-18(17)19-12-15/h3-6,14-16,19H,7-13H2,1-2H3. The Hall–Kier alpha value is -1.02. The zero-order chi connectivity index (χ0) is 13.9. The zero-order valence-electron chi connectivity index (χ0n) is 12.9. The molecule has 1 aromatic carbocycles. The highest BCUT2D eigenvalue weighted by atomic mass is 15.1. The van der Waals surface area contributed by atoms with Crippen LogP contribution < -0.4 is 5.32 Å². The number of likely N-dealkylation sites (tertiary alicyclic amines) is 1. The molecule has 1 unspecified atom stereocenters. The molecular formula is C18H28N2. The number of fused-ring (bicyclic) bond motifs is 1. The van der Waals surface area contributed by atoms with Crippen LogP contribution >= 0.6 is 0 Å². The molecule has 110 valence electrons. The Morgan fingerprint density at radius 1 is 1.20 bits per heavy atom. The fourth-order valence-corrected chi connectivity index (χ4v) is 3.80. The van der Waals surface area contributed by atoms with E-state index in [1.807, 2.05) is 0 Å². The molecule has 2 aliphatic heterocycles. The Labute approximate surface area is 123 Å². The van der Waals surface area contributed by atoms with Gasteiger partial charge in [0.25, 0.3) is 0 Å². The van der Waals surface area contributed by atoms with Crippen molar-refractivity contribution in [3.63, 3.8) is 0 Å². The highest BCUT2D eigenvalue weighted by Crippen LogP contribution is 2.28. The van der Waals surface area contributed by atoms with Gasteiger partial charge in [0.15, 0.2) is 0 Å². The molecule has 1 saturated heterocycles. The smallest absolute Gasteiger partial charge is 0.0372 e. The third-order valence-electron chi connectivity index (χ3n) is 5.20. The Balaban J connectivity index is 1.51. The van der Waals surface area contributed by atoms with Crippen LogP contribution in [-0.4, -0.2) is 31.1 Å². The highest BCUT2D eigenvalue weighted by molar-refractivity contribution is 5.53. The highest BCUT2D eigenvalue weighted by Gasteiger charge is 2.25. The van der Waals surface area contributed by atoms with E-state index in [2.05, 4.69) is 48.3 Å². The Morgan fingerprint density at radius 2 is 1.95 bits per heavy atom. The Morgan fingerprint density at radius 3 is 2.70 bits per heavy atom. The van der Waals surface area contributed by atoms with Crippen molar-refractivity contribution in [1.29, 1.82) is 0 Å². The summed E-state index contributed by atoms with van der Waals surface area (Å²) in [4.78, 5) is 2.69. The summed E-state index contributed by atoms with van der Waals surface area (Å²) in [5.41, 5.74) is 2.85. The Kier molecular flexibility index (Phi) is 4.30. The molecule has 0 bridgehead atoms. The summed E-state index contributed by atoms with van der Waals surface area (Å²) in [6.45, 7) is 9.78. The molecule has 3 rings (SSSR count). The minimum atomic E-state index is 0.778. The topological polar surface area (TPSA) is 15.3 Å². The SMILES string of the molecule is CC(C)C1CCN(CC2CNc3ccccc3C2)CC1. The first-order valence-corrected chi connectivity index (χ1v) is 8.26. The van der Waals surface area contributed by atoms with Crippen molar-refractivity contribution in [3.05, 3.63) is 29.8 Å². The molecule has 0 spiro atoms. The summed E-state index contributed by atoms with van der Waals surface area (Å²) in [6, 6.07) is 8.78. The summed E-state index contributed by atoms with van der Waals surface area (Å²) in [6.07, 6.45) is 4.04. The molecule has 1 atom stereocenters. The van der Waals surface area contributed by atoms with Crippen LogP contribution in [0.1, 0.15) is 32.3 Å². The van der Waals surface area contributed by atoms with Gasteiger partial charge >= 0.3 is 0 Å². The summed E-state index contributed by atoms with van der Waals surface area (Å²) < 4.78 is 0. The van der Waals surface area contributed by atoms with Crippen LogP contribution in [0.15, 0.2) is 24.3 Å². The van der Waals surface area contributed by atoms with Gasteiger partial charge in [-0.2, -0.15) is 0 Å². The average Bonchev–Trinajstić information content (AvgIpc) is 2.48. The molecule has 1 fully saturated rings. The monoisotopic (exact) mass is 272 g/mol. The average molecular weight is 272 g/mol. The van der Waals surface area contributed by atoms with Crippen molar-refractivity contribution in [2.75, 3.05) is 31.5 Å². The lowest BCUT2D eigenvalue weighted by Crippen LogP contribution is -2.41. The van der Waals surface area contributed by atoms with Gasteiger partial charge in [0.05, 0.1) is 0 Å². The lowest BCUT2D eigenvalue weighted by atomic mass is 9.86. The molecule has 2 heterocycles. The lowest BCUT2D eigenvalue weighted by Gasteiger charge is -2.37. The zero-order valence-corrected chi connectivity index (χ0v) is 12.9. The first-order valence-electron chi connectivity index (χ1n) is 8.26. The van der Waals surface area contributed by atoms with Gasteiger partial charge in [-0.3, -0.25) is 0 Å². The quantitative estimate of drug-likeness (QED) is 0.903. The van der Waals surface area contributed by atoms with Crippen LogP contribution in [0.3, 0.4) is 0 Å². The number of benzene rings is 1. The fourth-order valence-electron chi connectivity index (χ4n) is 3.80. The van der Waals surface area contributed by atoms with Crippen LogP contribution in [0, 0.1) is 17.8 Å². The maximum absolute atomic E-state index is 3.60. The second-order valence-electron chi connectivity index (χ2n) is 6.99. The van der Waals surface area contributed by atoms with Crippen molar-refractivity contribution in [2.24, 2.45) is 17.8 Å². The maximum Gasteiger partial charge on any atom is 0.0372 e. The van der Waals surface area contributed by atoms with Crippen LogP contribution in [0.25, 0.3) is 0 Å². The van der Waals surface area contributed by atoms with Gasteiger partial charge in [-0.25, -0.2) is 0 Å². The van der Waals surface area contributed by atoms with Crippen LogP contribution in [0.2, 0.25) is 0 Å². The molecule has 2 nitrogen and oxygen atoms in total. The molecule has 0 amide bonds. The number of anilines is 1. The van der Waals surface area contributed by atoms with Crippen LogP contribution in [-0.2, 0) is 6.42 Å². The predicted octanol–water partition coefficient (Wildman–Crippen LogP) is 3.64. The van der Waals surface area contributed by atoms with E-state index in [9.17, 15) is 0 Å². The number of hydrogen-bond acceptors (Lipinski definition) is 2. The number of piperidine rings is 1. The summed E-state index contributed by atoms with van der Waals surface area (Å²) in [7, 11) is 0. The number of hydrogen-bond donors (Lipinski definition) is 1. The van der Waals surface area contributed by atoms with Gasteiger partial charge in [0, 0.05) is 18.8 Å². The fraction of sp³-hybridized carbons (Fsp3) is 0.667. The van der Waals surface area contributed by atoms with Gasteiger partial charge < -0.3 is 10.2 Å². The van der Waals surface area contributed by atoms with E-state index >= 15 is 0 Å². The first kappa shape index (κ1) is 13.9. The van der Waals surface area contributed by atoms with Gasteiger partial charge in [0.1, 0.15) is 0 Å². The largest absolute Gasteiger partial charge is 0.384 e. The van der Waals surface area contributed by atoms with Crippen LogP contribution in [0.4, 0.5) is 5.69 Å². The van der Waals surface area contributed by atoms with E-state index in [-0.39, 0.29) is 0 Å². The van der Waals surface area contributed by atoms with Crippen LogP contribution in [0.5, 0.6) is 0 Å². The van der Waals surface area contributed by atoms with E-state index in [1.54, 1.807) is 0 Å². The molecule has 0 aliphatic carbocycles. The second-order valence-corrected chi connectivity index (χ2v) is 6.99. The van der Waals surface area contributed by atoms with E-state index in [1.165, 1.54) is 50.1 Å². The molecule has 1 N–H and O–H groups in total. The molecular weight excluding hydrogens is 244 g/mol. The summed E-state index contributed by atoms with van der Waals surface area (Å²) >= 11 is 0. The lowest BCUT2D eigenvalue weighted by molar-refractivity contribution is 0.140. The van der Waals surface area contributed by atoms with E-state index in [0.717, 1.165) is 24.3 Å². The number of para-hydroxylation sites is 1. The molecule has 0 aromatic heterocycles. The molecule has 0 radical (unpaired) electrons.